The summed E-state index contributed by atoms with van der Waals surface area (Å²) in [5, 5.41) is 2.84. The minimum absolute atomic E-state index is 0.00939. The zero-order valence-electron chi connectivity index (χ0n) is 13.1. The number of aryl methyl sites for hydroxylation is 1. The van der Waals surface area contributed by atoms with E-state index in [1.165, 1.54) is 0 Å². The van der Waals surface area contributed by atoms with Crippen molar-refractivity contribution in [1.82, 2.24) is 15.2 Å². The van der Waals surface area contributed by atoms with Crippen LogP contribution in [0.5, 0.6) is 0 Å². The summed E-state index contributed by atoms with van der Waals surface area (Å²) in [5.74, 6) is 0.00848. The van der Waals surface area contributed by atoms with E-state index >= 15 is 0 Å². The average molecular weight is 289 g/mol. The van der Waals surface area contributed by atoms with Gasteiger partial charge in [-0.25, -0.2) is 0 Å². The lowest BCUT2D eigenvalue weighted by Gasteiger charge is -2.30. The van der Waals surface area contributed by atoms with Crippen molar-refractivity contribution in [3.05, 3.63) is 29.6 Å². The van der Waals surface area contributed by atoms with E-state index in [1.807, 2.05) is 33.8 Å². The molecular weight excluding hydrogens is 266 g/mol. The van der Waals surface area contributed by atoms with Gasteiger partial charge in [0.2, 0.25) is 11.8 Å². The standard InChI is InChI=1S/C16H23N3O2/c1-10(2)15-16(21)19(12(4)6-14(20)18-15)9-13-5-11(3)7-17-8-13/h5,7-8,10,12,15H,6,9H2,1-4H3,(H,18,20). The van der Waals surface area contributed by atoms with Crippen LogP contribution in [-0.2, 0) is 16.1 Å². The van der Waals surface area contributed by atoms with Gasteiger partial charge in [-0.3, -0.25) is 14.6 Å². The van der Waals surface area contributed by atoms with E-state index in [0.717, 1.165) is 11.1 Å². The van der Waals surface area contributed by atoms with Crippen LogP contribution in [0.3, 0.4) is 0 Å². The maximum atomic E-state index is 12.7. The van der Waals surface area contributed by atoms with Crippen LogP contribution in [0.4, 0.5) is 0 Å². The number of hydrogen-bond acceptors (Lipinski definition) is 3. The van der Waals surface area contributed by atoms with Gasteiger partial charge in [-0.2, -0.15) is 0 Å². The molecule has 0 spiro atoms. The molecule has 2 unspecified atom stereocenters. The highest BCUT2D eigenvalue weighted by molar-refractivity contribution is 5.90. The predicted octanol–water partition coefficient (Wildman–Crippen LogP) is 1.65. The van der Waals surface area contributed by atoms with Crippen LogP contribution >= 0.6 is 0 Å². The Morgan fingerprint density at radius 2 is 2.10 bits per heavy atom. The van der Waals surface area contributed by atoms with Gasteiger partial charge in [-0.15, -0.1) is 0 Å². The van der Waals surface area contributed by atoms with Crippen molar-refractivity contribution in [3.8, 4) is 0 Å². The molecule has 1 aliphatic heterocycles. The molecule has 21 heavy (non-hydrogen) atoms. The molecule has 1 aliphatic rings. The smallest absolute Gasteiger partial charge is 0.245 e. The number of nitrogens with zero attached hydrogens (tertiary/aromatic N) is 2. The first-order valence-corrected chi connectivity index (χ1v) is 7.39. The van der Waals surface area contributed by atoms with Crippen LogP contribution in [0.1, 0.15) is 38.3 Å². The van der Waals surface area contributed by atoms with Crippen molar-refractivity contribution >= 4 is 11.8 Å². The molecule has 0 bridgehead atoms. The number of pyridine rings is 1. The molecule has 1 saturated heterocycles. The minimum Gasteiger partial charge on any atom is -0.344 e. The SMILES string of the molecule is Cc1cncc(CN2C(=O)C(C(C)C)NC(=O)CC2C)c1. The van der Waals surface area contributed by atoms with E-state index in [0.29, 0.717) is 13.0 Å². The lowest BCUT2D eigenvalue weighted by molar-refractivity contribution is -0.136. The average Bonchev–Trinajstić information content (AvgIpc) is 2.50. The Morgan fingerprint density at radius 1 is 1.38 bits per heavy atom. The van der Waals surface area contributed by atoms with Crippen molar-refractivity contribution in [2.45, 2.75) is 52.7 Å². The Kier molecular flexibility index (Phi) is 4.60. The molecule has 2 amide bonds. The molecule has 2 heterocycles. The Balaban J connectivity index is 2.25. The van der Waals surface area contributed by atoms with E-state index < -0.39 is 6.04 Å². The number of hydrogen-bond donors (Lipinski definition) is 1. The minimum atomic E-state index is -0.444. The van der Waals surface area contributed by atoms with Gasteiger partial charge in [0, 0.05) is 31.4 Å². The number of nitrogens with one attached hydrogen (secondary N) is 1. The van der Waals surface area contributed by atoms with Gasteiger partial charge in [-0.05, 0) is 30.9 Å². The molecule has 2 rings (SSSR count). The largest absolute Gasteiger partial charge is 0.344 e. The first kappa shape index (κ1) is 15.5. The summed E-state index contributed by atoms with van der Waals surface area (Å²) in [5.41, 5.74) is 2.06. The molecule has 0 saturated carbocycles. The summed E-state index contributed by atoms with van der Waals surface area (Å²) in [7, 11) is 0. The predicted molar refractivity (Wildman–Crippen MR) is 80.4 cm³/mol. The lowest BCUT2D eigenvalue weighted by atomic mass is 10.0. The molecule has 0 aliphatic carbocycles. The third kappa shape index (κ3) is 3.60. The second-order valence-corrected chi connectivity index (χ2v) is 6.18. The highest BCUT2D eigenvalue weighted by Crippen LogP contribution is 2.18. The number of aromatic nitrogens is 1. The second kappa shape index (κ2) is 6.24. The highest BCUT2D eigenvalue weighted by atomic mass is 16.2. The van der Waals surface area contributed by atoms with Gasteiger partial charge < -0.3 is 10.2 Å². The summed E-state index contributed by atoms with van der Waals surface area (Å²) >= 11 is 0. The first-order chi connectivity index (χ1) is 9.88. The number of rotatable bonds is 3. The molecule has 0 radical (unpaired) electrons. The van der Waals surface area contributed by atoms with Crippen molar-refractivity contribution in [2.75, 3.05) is 0 Å². The van der Waals surface area contributed by atoms with Crippen LogP contribution in [0.25, 0.3) is 0 Å². The fourth-order valence-corrected chi connectivity index (χ4v) is 2.65. The van der Waals surface area contributed by atoms with Gasteiger partial charge >= 0.3 is 0 Å². The van der Waals surface area contributed by atoms with E-state index in [9.17, 15) is 9.59 Å². The molecule has 114 valence electrons. The summed E-state index contributed by atoms with van der Waals surface area (Å²) < 4.78 is 0. The first-order valence-electron chi connectivity index (χ1n) is 7.39. The van der Waals surface area contributed by atoms with Gasteiger partial charge in [0.15, 0.2) is 0 Å². The normalized spacial score (nSPS) is 23.2. The number of carbonyl (C=O) groups excluding carboxylic acids is 2. The van der Waals surface area contributed by atoms with Crippen LogP contribution in [-0.4, -0.2) is 33.8 Å². The molecule has 0 aromatic carbocycles. The molecule has 1 aromatic rings. The maximum Gasteiger partial charge on any atom is 0.245 e. The summed E-state index contributed by atoms with van der Waals surface area (Å²) in [6, 6.07) is 1.47. The van der Waals surface area contributed by atoms with Gasteiger partial charge in [0.05, 0.1) is 0 Å². The Morgan fingerprint density at radius 3 is 2.71 bits per heavy atom. The zero-order chi connectivity index (χ0) is 15.6. The second-order valence-electron chi connectivity index (χ2n) is 6.18. The van der Waals surface area contributed by atoms with Gasteiger partial charge in [0.25, 0.3) is 0 Å². The third-order valence-electron chi connectivity index (χ3n) is 3.83. The zero-order valence-corrected chi connectivity index (χ0v) is 13.1. The van der Waals surface area contributed by atoms with Crippen LogP contribution < -0.4 is 5.32 Å². The van der Waals surface area contributed by atoms with Crippen molar-refractivity contribution in [2.24, 2.45) is 5.92 Å². The summed E-state index contributed by atoms with van der Waals surface area (Å²) in [6.45, 7) is 8.29. The Labute approximate surface area is 125 Å². The Hall–Kier alpha value is -1.91. The fraction of sp³-hybridized carbons (Fsp3) is 0.562. The fourth-order valence-electron chi connectivity index (χ4n) is 2.65. The molecular formula is C16H23N3O2. The number of amides is 2. The maximum absolute atomic E-state index is 12.7. The van der Waals surface area contributed by atoms with Gasteiger partial charge in [0.1, 0.15) is 6.04 Å². The highest BCUT2D eigenvalue weighted by Gasteiger charge is 2.35. The Bertz CT molecular complexity index is 542. The van der Waals surface area contributed by atoms with Crippen LogP contribution in [0.15, 0.2) is 18.5 Å². The molecule has 1 N–H and O–H groups in total. The van der Waals surface area contributed by atoms with Crippen molar-refractivity contribution in [1.29, 1.82) is 0 Å². The summed E-state index contributed by atoms with van der Waals surface area (Å²) in [4.78, 5) is 30.6. The molecule has 5 heteroatoms. The lowest BCUT2D eigenvalue weighted by Crippen LogP contribution is -2.48. The molecule has 1 fully saturated rings. The third-order valence-corrected chi connectivity index (χ3v) is 3.83. The topological polar surface area (TPSA) is 62.3 Å². The van der Waals surface area contributed by atoms with Crippen LogP contribution in [0.2, 0.25) is 0 Å². The van der Waals surface area contributed by atoms with E-state index in [1.54, 1.807) is 17.3 Å². The van der Waals surface area contributed by atoms with E-state index in [-0.39, 0.29) is 23.8 Å². The number of carbonyl (C=O) groups is 2. The van der Waals surface area contributed by atoms with E-state index in [2.05, 4.69) is 10.3 Å². The molecule has 2 atom stereocenters. The van der Waals surface area contributed by atoms with Crippen molar-refractivity contribution in [3.63, 3.8) is 0 Å². The molecule has 5 nitrogen and oxygen atoms in total. The van der Waals surface area contributed by atoms with Crippen LogP contribution in [0, 0.1) is 12.8 Å². The van der Waals surface area contributed by atoms with Crippen molar-refractivity contribution < 1.29 is 9.59 Å². The summed E-state index contributed by atoms with van der Waals surface area (Å²) in [6.07, 6.45) is 3.91. The van der Waals surface area contributed by atoms with Gasteiger partial charge in [-0.1, -0.05) is 19.9 Å². The van der Waals surface area contributed by atoms with E-state index in [4.69, 9.17) is 0 Å². The monoisotopic (exact) mass is 289 g/mol. The quantitative estimate of drug-likeness (QED) is 0.920. The molecule has 1 aromatic heterocycles.